The highest BCUT2D eigenvalue weighted by Crippen LogP contribution is 2.40. The van der Waals surface area contributed by atoms with Gasteiger partial charge in [-0.1, -0.05) is 0 Å². The first-order valence-electron chi connectivity index (χ1n) is 8.02. The molecular formula is C16H27NO7. The molecule has 0 saturated carbocycles. The summed E-state index contributed by atoms with van der Waals surface area (Å²) >= 11 is 0. The number of ether oxygens (including phenoxy) is 5. The fourth-order valence-electron chi connectivity index (χ4n) is 2.91. The monoisotopic (exact) mass is 345 g/mol. The molecule has 1 amide bonds. The van der Waals surface area contributed by atoms with Crippen LogP contribution in [-0.4, -0.2) is 61.0 Å². The molecule has 0 bridgehead atoms. The maximum atomic E-state index is 12.0. The van der Waals surface area contributed by atoms with Crippen LogP contribution in [-0.2, 0) is 28.5 Å². The summed E-state index contributed by atoms with van der Waals surface area (Å²) in [4.78, 5) is 23.9. The molecule has 1 N–H and O–H groups in total. The molecular weight excluding hydrogens is 318 g/mol. The molecule has 8 heteroatoms. The van der Waals surface area contributed by atoms with E-state index in [1.165, 1.54) is 7.11 Å². The van der Waals surface area contributed by atoms with Gasteiger partial charge in [-0.05, 0) is 41.5 Å². The van der Waals surface area contributed by atoms with E-state index in [4.69, 9.17) is 23.7 Å². The van der Waals surface area contributed by atoms with Gasteiger partial charge in [-0.25, -0.2) is 9.59 Å². The number of methoxy groups -OCH3 is 1. The Kier molecular flexibility index (Phi) is 5.13. The van der Waals surface area contributed by atoms with E-state index in [2.05, 4.69) is 5.32 Å². The Morgan fingerprint density at radius 3 is 2.29 bits per heavy atom. The van der Waals surface area contributed by atoms with Crippen molar-refractivity contribution >= 4 is 12.1 Å². The van der Waals surface area contributed by atoms with E-state index in [0.717, 1.165) is 0 Å². The average Bonchev–Trinajstić information content (AvgIpc) is 2.88. The second kappa shape index (κ2) is 6.50. The molecule has 2 aliphatic heterocycles. The molecule has 2 saturated heterocycles. The first-order valence-corrected chi connectivity index (χ1v) is 8.02. The van der Waals surface area contributed by atoms with Crippen molar-refractivity contribution in [3.05, 3.63) is 0 Å². The Hall–Kier alpha value is -1.38. The summed E-state index contributed by atoms with van der Waals surface area (Å²) in [5.41, 5.74) is -0.605. The minimum absolute atomic E-state index is 0.445. The van der Waals surface area contributed by atoms with E-state index >= 15 is 0 Å². The van der Waals surface area contributed by atoms with Gasteiger partial charge in [-0.3, -0.25) is 0 Å². The second-order valence-corrected chi connectivity index (χ2v) is 7.54. The van der Waals surface area contributed by atoms with Crippen LogP contribution in [0.5, 0.6) is 0 Å². The molecule has 0 spiro atoms. The summed E-state index contributed by atoms with van der Waals surface area (Å²) in [6.45, 7) is 10.6. The third-order valence-electron chi connectivity index (χ3n) is 3.76. The van der Waals surface area contributed by atoms with E-state index in [0.29, 0.717) is 0 Å². The van der Waals surface area contributed by atoms with E-state index in [1.54, 1.807) is 41.5 Å². The van der Waals surface area contributed by atoms with Crippen LogP contribution in [0.4, 0.5) is 4.79 Å². The minimum atomic E-state index is -0.894. The Morgan fingerprint density at radius 2 is 1.75 bits per heavy atom. The molecule has 138 valence electrons. The van der Waals surface area contributed by atoms with Gasteiger partial charge in [0.15, 0.2) is 11.9 Å². The van der Waals surface area contributed by atoms with Crippen LogP contribution in [0.3, 0.4) is 0 Å². The summed E-state index contributed by atoms with van der Waals surface area (Å²) in [7, 11) is 1.29. The molecule has 0 aromatic rings. The summed E-state index contributed by atoms with van der Waals surface area (Å²) in [6.07, 6.45) is -3.09. The lowest BCUT2D eigenvalue weighted by Gasteiger charge is -2.28. The lowest BCUT2D eigenvalue weighted by atomic mass is 10.0. The van der Waals surface area contributed by atoms with Crippen molar-refractivity contribution in [3.8, 4) is 0 Å². The average molecular weight is 345 g/mol. The van der Waals surface area contributed by atoms with Crippen LogP contribution >= 0.6 is 0 Å². The molecule has 8 nitrogen and oxygen atoms in total. The number of fused-ring (bicyclic) bond motifs is 1. The van der Waals surface area contributed by atoms with Crippen molar-refractivity contribution in [1.29, 1.82) is 0 Å². The maximum absolute atomic E-state index is 12.0. The van der Waals surface area contributed by atoms with Gasteiger partial charge in [0.25, 0.3) is 0 Å². The molecule has 0 aliphatic carbocycles. The lowest BCUT2D eigenvalue weighted by Crippen LogP contribution is -2.48. The summed E-state index contributed by atoms with van der Waals surface area (Å²) in [6, 6.07) is -0.445. The van der Waals surface area contributed by atoms with Crippen LogP contribution in [0, 0.1) is 0 Å². The highest BCUT2D eigenvalue weighted by Gasteiger charge is 2.59. The van der Waals surface area contributed by atoms with Crippen LogP contribution in [0.15, 0.2) is 0 Å². The number of carbonyl (C=O) groups is 2. The Morgan fingerprint density at radius 1 is 1.17 bits per heavy atom. The van der Waals surface area contributed by atoms with Gasteiger partial charge in [0.2, 0.25) is 0 Å². The first kappa shape index (κ1) is 19.0. The van der Waals surface area contributed by atoms with Crippen molar-refractivity contribution in [2.24, 2.45) is 0 Å². The molecule has 24 heavy (non-hydrogen) atoms. The van der Waals surface area contributed by atoms with E-state index in [1.807, 2.05) is 0 Å². The van der Waals surface area contributed by atoms with Gasteiger partial charge in [-0.15, -0.1) is 0 Å². The number of hydrogen-bond donors (Lipinski definition) is 1. The quantitative estimate of drug-likeness (QED) is 0.772. The van der Waals surface area contributed by atoms with E-state index < -0.39 is 53.9 Å². The number of rotatable bonds is 3. The van der Waals surface area contributed by atoms with Gasteiger partial charge in [0.05, 0.1) is 13.2 Å². The third-order valence-corrected chi connectivity index (χ3v) is 3.76. The topological polar surface area (TPSA) is 92.3 Å². The van der Waals surface area contributed by atoms with E-state index in [9.17, 15) is 9.59 Å². The van der Waals surface area contributed by atoms with Crippen molar-refractivity contribution in [2.45, 2.75) is 83.4 Å². The normalized spacial score (nSPS) is 32.8. The largest absolute Gasteiger partial charge is 0.467 e. The molecule has 0 radical (unpaired) electrons. The molecule has 2 aliphatic rings. The number of carbonyl (C=O) groups excluding carboxylic acids is 2. The molecule has 0 unspecified atom stereocenters. The molecule has 2 heterocycles. The van der Waals surface area contributed by atoms with Crippen LogP contribution in [0.1, 0.15) is 41.5 Å². The summed E-state index contributed by atoms with van der Waals surface area (Å²) in [5.74, 6) is -1.37. The van der Waals surface area contributed by atoms with Gasteiger partial charge in [-0.2, -0.15) is 0 Å². The molecule has 5 atom stereocenters. The van der Waals surface area contributed by atoms with Crippen molar-refractivity contribution < 1.29 is 33.3 Å². The SMILES string of the molecule is COC(=O)[C@H]1O[C@@H]([C@H](C)NC(=O)OC(C)(C)C)[C@@H]2OC(C)(C)O[C@@H]21. The summed E-state index contributed by atoms with van der Waals surface area (Å²) < 4.78 is 27.4. The zero-order valence-electron chi connectivity index (χ0n) is 15.2. The van der Waals surface area contributed by atoms with Gasteiger partial charge in [0.1, 0.15) is 23.9 Å². The lowest BCUT2D eigenvalue weighted by molar-refractivity contribution is -0.197. The first-order chi connectivity index (χ1) is 10.9. The fourth-order valence-corrected chi connectivity index (χ4v) is 2.91. The van der Waals surface area contributed by atoms with Crippen molar-refractivity contribution in [3.63, 3.8) is 0 Å². The van der Waals surface area contributed by atoms with Gasteiger partial charge < -0.3 is 29.0 Å². The van der Waals surface area contributed by atoms with Crippen molar-refractivity contribution in [1.82, 2.24) is 5.32 Å². The zero-order valence-corrected chi connectivity index (χ0v) is 15.2. The summed E-state index contributed by atoms with van der Waals surface area (Å²) in [5, 5.41) is 2.72. The van der Waals surface area contributed by atoms with Crippen molar-refractivity contribution in [2.75, 3.05) is 7.11 Å². The predicted octanol–water partition coefficient (Wildman–Crippen LogP) is 1.36. The molecule has 0 aromatic carbocycles. The standard InChI is InChI=1S/C16H27NO7/c1-8(17-14(19)24-15(2,3)4)9-10-11(23-16(5,6)22-10)12(21-9)13(18)20-7/h8-12H,1-7H3,(H,17,19)/t8-,9-,10-,11-,12-/m0/s1. The zero-order chi connectivity index (χ0) is 18.3. The second-order valence-electron chi connectivity index (χ2n) is 7.54. The fraction of sp³-hybridized carbons (Fsp3) is 0.875. The van der Waals surface area contributed by atoms with Gasteiger partial charge >= 0.3 is 12.1 Å². The smallest absolute Gasteiger partial charge is 0.407 e. The minimum Gasteiger partial charge on any atom is -0.467 e. The van der Waals surface area contributed by atoms with Crippen LogP contribution < -0.4 is 5.32 Å². The number of esters is 1. The number of alkyl carbamates (subject to hydrolysis) is 1. The molecule has 2 rings (SSSR count). The third kappa shape index (κ3) is 4.17. The Labute approximate surface area is 142 Å². The molecule has 0 aromatic heterocycles. The highest BCUT2D eigenvalue weighted by molar-refractivity contribution is 5.76. The Balaban J connectivity index is 2.09. The van der Waals surface area contributed by atoms with E-state index in [-0.39, 0.29) is 0 Å². The van der Waals surface area contributed by atoms with Gasteiger partial charge in [0, 0.05) is 0 Å². The van der Waals surface area contributed by atoms with Crippen LogP contribution in [0.25, 0.3) is 0 Å². The number of hydrogen-bond acceptors (Lipinski definition) is 7. The highest BCUT2D eigenvalue weighted by atomic mass is 16.8. The predicted molar refractivity (Wildman–Crippen MR) is 83.3 cm³/mol. The maximum Gasteiger partial charge on any atom is 0.407 e. The molecule has 2 fully saturated rings. The number of nitrogens with one attached hydrogen (secondary N) is 1. The number of amides is 1. The Bertz CT molecular complexity index is 499. The van der Waals surface area contributed by atoms with Crippen LogP contribution in [0.2, 0.25) is 0 Å².